The van der Waals surface area contributed by atoms with Crippen molar-refractivity contribution in [3.63, 3.8) is 0 Å². The monoisotopic (exact) mass is 299 g/mol. The molecule has 0 radical (unpaired) electrons. The largest absolute Gasteiger partial charge is 0.255 e. The van der Waals surface area contributed by atoms with Gasteiger partial charge in [-0.15, -0.1) is 0 Å². The van der Waals surface area contributed by atoms with Gasteiger partial charge in [-0.05, 0) is 40.2 Å². The van der Waals surface area contributed by atoms with Crippen molar-refractivity contribution in [2.75, 3.05) is 0 Å². The average molecular weight is 300 g/mol. The summed E-state index contributed by atoms with van der Waals surface area (Å²) in [5, 5.41) is 4.35. The molecule has 1 aromatic carbocycles. The van der Waals surface area contributed by atoms with Crippen LogP contribution < -0.4 is 0 Å². The van der Waals surface area contributed by atoms with Crippen LogP contribution in [0.4, 0.5) is 0 Å². The standard InChI is InChI=1S/C14H10BrN3/c15-12-6-7-14(16-9-12)11-8-17-18(10-11)13-4-2-1-3-5-13/h1-10H. The summed E-state index contributed by atoms with van der Waals surface area (Å²) < 4.78 is 2.82. The highest BCUT2D eigenvalue weighted by Crippen LogP contribution is 2.19. The minimum atomic E-state index is 0.917. The minimum absolute atomic E-state index is 0.917. The van der Waals surface area contributed by atoms with Crippen molar-refractivity contribution in [1.82, 2.24) is 14.8 Å². The Labute approximate surface area is 113 Å². The van der Waals surface area contributed by atoms with Crippen LogP contribution in [0.3, 0.4) is 0 Å². The van der Waals surface area contributed by atoms with Gasteiger partial charge in [0, 0.05) is 22.4 Å². The summed E-state index contributed by atoms with van der Waals surface area (Å²) in [5.74, 6) is 0. The Balaban J connectivity index is 1.97. The molecule has 0 unspecified atom stereocenters. The van der Waals surface area contributed by atoms with Crippen LogP contribution in [0.15, 0.2) is 65.5 Å². The molecule has 3 nitrogen and oxygen atoms in total. The molecule has 2 heterocycles. The molecule has 3 rings (SSSR count). The maximum atomic E-state index is 4.36. The summed E-state index contributed by atoms with van der Waals surface area (Å²) in [7, 11) is 0. The van der Waals surface area contributed by atoms with Crippen LogP contribution in [0.2, 0.25) is 0 Å². The van der Waals surface area contributed by atoms with E-state index in [9.17, 15) is 0 Å². The maximum Gasteiger partial charge on any atom is 0.0734 e. The number of hydrogen-bond acceptors (Lipinski definition) is 2. The molecule has 18 heavy (non-hydrogen) atoms. The van der Waals surface area contributed by atoms with Gasteiger partial charge in [0.2, 0.25) is 0 Å². The smallest absolute Gasteiger partial charge is 0.0734 e. The average Bonchev–Trinajstić information content (AvgIpc) is 2.90. The van der Waals surface area contributed by atoms with E-state index in [0.29, 0.717) is 0 Å². The van der Waals surface area contributed by atoms with Gasteiger partial charge < -0.3 is 0 Å². The molecule has 0 bridgehead atoms. The third-order valence-corrected chi connectivity index (χ3v) is 3.10. The minimum Gasteiger partial charge on any atom is -0.255 e. The zero-order valence-corrected chi connectivity index (χ0v) is 11.1. The zero-order valence-electron chi connectivity index (χ0n) is 9.49. The van der Waals surface area contributed by atoms with Crippen molar-refractivity contribution in [3.05, 3.63) is 65.5 Å². The van der Waals surface area contributed by atoms with Crippen LogP contribution in [0.5, 0.6) is 0 Å². The highest BCUT2D eigenvalue weighted by molar-refractivity contribution is 9.10. The summed E-state index contributed by atoms with van der Waals surface area (Å²) in [6.45, 7) is 0. The van der Waals surface area contributed by atoms with Crippen molar-refractivity contribution in [1.29, 1.82) is 0 Å². The zero-order chi connectivity index (χ0) is 12.4. The van der Waals surface area contributed by atoms with E-state index >= 15 is 0 Å². The van der Waals surface area contributed by atoms with E-state index in [-0.39, 0.29) is 0 Å². The van der Waals surface area contributed by atoms with E-state index in [2.05, 4.69) is 26.0 Å². The van der Waals surface area contributed by atoms with Gasteiger partial charge in [-0.3, -0.25) is 4.98 Å². The van der Waals surface area contributed by atoms with Gasteiger partial charge in [0.1, 0.15) is 0 Å². The molecule has 2 aromatic heterocycles. The van der Waals surface area contributed by atoms with Crippen LogP contribution in [0, 0.1) is 0 Å². The molecular formula is C14H10BrN3. The normalized spacial score (nSPS) is 10.5. The van der Waals surface area contributed by atoms with Crippen LogP contribution in [-0.4, -0.2) is 14.8 Å². The van der Waals surface area contributed by atoms with Crippen molar-refractivity contribution in [2.45, 2.75) is 0 Å². The number of nitrogens with zero attached hydrogens (tertiary/aromatic N) is 3. The molecule has 4 heteroatoms. The number of halogens is 1. The van der Waals surface area contributed by atoms with Crippen LogP contribution >= 0.6 is 15.9 Å². The lowest BCUT2D eigenvalue weighted by atomic mass is 10.2. The molecular weight excluding hydrogens is 290 g/mol. The molecule has 88 valence electrons. The second-order valence-electron chi connectivity index (χ2n) is 3.87. The van der Waals surface area contributed by atoms with Crippen molar-refractivity contribution in [2.24, 2.45) is 0 Å². The fourth-order valence-corrected chi connectivity index (χ4v) is 1.96. The van der Waals surface area contributed by atoms with Crippen LogP contribution in [-0.2, 0) is 0 Å². The van der Waals surface area contributed by atoms with E-state index in [1.54, 1.807) is 6.20 Å². The predicted octanol–water partition coefficient (Wildman–Crippen LogP) is 3.70. The second kappa shape index (κ2) is 4.74. The summed E-state index contributed by atoms with van der Waals surface area (Å²) in [6.07, 6.45) is 5.59. The lowest BCUT2D eigenvalue weighted by molar-refractivity contribution is 0.881. The van der Waals surface area contributed by atoms with E-state index < -0.39 is 0 Å². The molecule has 0 aliphatic carbocycles. The molecule has 0 saturated heterocycles. The SMILES string of the molecule is Brc1ccc(-c2cnn(-c3ccccc3)c2)nc1. The Morgan fingerprint density at radius 1 is 0.944 bits per heavy atom. The third-order valence-electron chi connectivity index (χ3n) is 2.63. The summed E-state index contributed by atoms with van der Waals surface area (Å²) >= 11 is 3.38. The number of benzene rings is 1. The lowest BCUT2D eigenvalue weighted by Crippen LogP contribution is -1.92. The number of rotatable bonds is 2. The Kier molecular flexibility index (Phi) is 2.94. The summed E-state index contributed by atoms with van der Waals surface area (Å²) in [4.78, 5) is 4.36. The maximum absolute atomic E-state index is 4.36. The van der Waals surface area contributed by atoms with E-state index in [1.165, 1.54) is 0 Å². The highest BCUT2D eigenvalue weighted by atomic mass is 79.9. The number of hydrogen-bond donors (Lipinski definition) is 0. The first kappa shape index (κ1) is 11.2. The predicted molar refractivity (Wildman–Crippen MR) is 74.5 cm³/mol. The fourth-order valence-electron chi connectivity index (χ4n) is 1.72. The molecule has 0 aliphatic rings. The summed E-state index contributed by atoms with van der Waals surface area (Å²) in [6, 6.07) is 14.0. The van der Waals surface area contributed by atoms with Gasteiger partial charge in [-0.2, -0.15) is 5.10 Å². The van der Waals surface area contributed by atoms with Crippen molar-refractivity contribution < 1.29 is 0 Å². The number of pyridine rings is 1. The first-order valence-corrected chi connectivity index (χ1v) is 6.34. The Hall–Kier alpha value is -1.94. The molecule has 3 aromatic rings. The summed E-state index contributed by atoms with van der Waals surface area (Å²) in [5.41, 5.74) is 2.97. The van der Waals surface area contributed by atoms with Gasteiger partial charge in [0.25, 0.3) is 0 Å². The van der Waals surface area contributed by atoms with Gasteiger partial charge in [0.05, 0.1) is 17.6 Å². The van der Waals surface area contributed by atoms with Gasteiger partial charge >= 0.3 is 0 Å². The molecule has 0 aliphatic heterocycles. The van der Waals surface area contributed by atoms with E-state index in [1.807, 2.05) is 59.5 Å². The third kappa shape index (κ3) is 2.19. The van der Waals surface area contributed by atoms with Gasteiger partial charge in [-0.1, -0.05) is 18.2 Å². The molecule has 0 spiro atoms. The topological polar surface area (TPSA) is 30.7 Å². The Morgan fingerprint density at radius 3 is 2.50 bits per heavy atom. The molecule has 0 atom stereocenters. The second-order valence-corrected chi connectivity index (χ2v) is 4.79. The lowest BCUT2D eigenvalue weighted by Gasteiger charge is -1.99. The van der Waals surface area contributed by atoms with Gasteiger partial charge in [-0.25, -0.2) is 4.68 Å². The quantitative estimate of drug-likeness (QED) is 0.722. The molecule has 0 amide bonds. The van der Waals surface area contributed by atoms with E-state index in [4.69, 9.17) is 0 Å². The fraction of sp³-hybridized carbons (Fsp3) is 0. The first-order valence-electron chi connectivity index (χ1n) is 5.55. The number of aromatic nitrogens is 3. The van der Waals surface area contributed by atoms with Gasteiger partial charge in [0.15, 0.2) is 0 Å². The van der Waals surface area contributed by atoms with Crippen LogP contribution in [0.25, 0.3) is 16.9 Å². The van der Waals surface area contributed by atoms with Crippen LogP contribution in [0.1, 0.15) is 0 Å². The molecule has 0 fully saturated rings. The molecule has 0 N–H and O–H groups in total. The highest BCUT2D eigenvalue weighted by Gasteiger charge is 2.04. The Morgan fingerprint density at radius 2 is 1.78 bits per heavy atom. The Bertz CT molecular complexity index is 644. The van der Waals surface area contributed by atoms with Crippen molar-refractivity contribution >= 4 is 15.9 Å². The number of para-hydroxylation sites is 1. The first-order chi connectivity index (χ1) is 8.83. The van der Waals surface area contributed by atoms with Crippen molar-refractivity contribution in [3.8, 4) is 16.9 Å². The molecule has 0 saturated carbocycles. The van der Waals surface area contributed by atoms with E-state index in [0.717, 1.165) is 21.4 Å².